The zero-order valence-electron chi connectivity index (χ0n) is 17.4. The molecule has 5 nitrogen and oxygen atoms in total. The maximum Gasteiger partial charge on any atom is 0.236 e. The van der Waals surface area contributed by atoms with Crippen molar-refractivity contribution >= 4 is 17.5 Å². The number of rotatable bonds is 6. The van der Waals surface area contributed by atoms with Gasteiger partial charge < -0.3 is 9.64 Å². The number of halogens is 1. The quantitative estimate of drug-likeness (QED) is 0.725. The second kappa shape index (κ2) is 10.1. The van der Waals surface area contributed by atoms with Crippen molar-refractivity contribution in [2.75, 3.05) is 59.5 Å². The smallest absolute Gasteiger partial charge is 0.236 e. The van der Waals surface area contributed by atoms with Gasteiger partial charge in [0.2, 0.25) is 5.91 Å². The summed E-state index contributed by atoms with van der Waals surface area (Å²) in [5.74, 6) is 1.52. The van der Waals surface area contributed by atoms with Crippen LogP contribution >= 0.6 is 11.6 Å². The third-order valence-corrected chi connectivity index (χ3v) is 6.25. The van der Waals surface area contributed by atoms with Crippen LogP contribution in [0.4, 0.5) is 0 Å². The first-order valence-electron chi connectivity index (χ1n) is 10.5. The normalized spacial score (nSPS) is 25.6. The average Bonchev–Trinajstić information content (AvgIpc) is 2.67. The monoisotopic (exact) mass is 407 g/mol. The number of carbonyl (C=O) groups excluding carboxylic acids is 1. The molecule has 3 rings (SSSR count). The molecule has 0 aliphatic carbocycles. The maximum atomic E-state index is 12.7. The molecule has 1 aromatic carbocycles. The van der Waals surface area contributed by atoms with Crippen LogP contribution in [0.15, 0.2) is 24.3 Å². The van der Waals surface area contributed by atoms with E-state index < -0.39 is 0 Å². The molecular weight excluding hydrogens is 374 g/mol. The zero-order chi connectivity index (χ0) is 20.1. The molecule has 0 N–H and O–H groups in total. The third-order valence-electron chi connectivity index (χ3n) is 6.00. The van der Waals surface area contributed by atoms with Crippen LogP contribution in [0.1, 0.15) is 31.9 Å². The molecule has 2 aliphatic rings. The number of carbonyl (C=O) groups is 1. The SMILES string of the molecule is CO[C@@H](CN1CCN(CC(=O)N2C[C@H](C)C[C@H](C)C2)CC1)c1ccc(Cl)cc1. The second-order valence-electron chi connectivity index (χ2n) is 8.60. The van der Waals surface area contributed by atoms with Crippen molar-refractivity contribution in [2.45, 2.75) is 26.4 Å². The molecule has 2 saturated heterocycles. The van der Waals surface area contributed by atoms with Gasteiger partial charge in [0.25, 0.3) is 0 Å². The second-order valence-corrected chi connectivity index (χ2v) is 9.03. The highest BCUT2D eigenvalue weighted by molar-refractivity contribution is 6.30. The minimum atomic E-state index is 0.0433. The van der Waals surface area contributed by atoms with E-state index in [1.54, 1.807) is 7.11 Å². The Bertz CT molecular complexity index is 621. The molecule has 0 bridgehead atoms. The molecule has 0 unspecified atom stereocenters. The summed E-state index contributed by atoms with van der Waals surface area (Å²) in [5.41, 5.74) is 1.15. The minimum Gasteiger partial charge on any atom is -0.375 e. The van der Waals surface area contributed by atoms with Crippen LogP contribution in [0.2, 0.25) is 5.02 Å². The number of likely N-dealkylation sites (tertiary alicyclic amines) is 1. The van der Waals surface area contributed by atoms with Crippen molar-refractivity contribution in [3.8, 4) is 0 Å². The van der Waals surface area contributed by atoms with Crippen molar-refractivity contribution < 1.29 is 9.53 Å². The lowest BCUT2D eigenvalue weighted by atomic mass is 9.92. The first-order chi connectivity index (χ1) is 13.4. The molecule has 2 heterocycles. The van der Waals surface area contributed by atoms with E-state index in [-0.39, 0.29) is 6.10 Å². The van der Waals surface area contributed by atoms with Gasteiger partial charge in [0.1, 0.15) is 0 Å². The number of ether oxygens (including phenoxy) is 1. The van der Waals surface area contributed by atoms with E-state index in [0.29, 0.717) is 24.3 Å². The van der Waals surface area contributed by atoms with E-state index in [2.05, 4.69) is 28.5 Å². The van der Waals surface area contributed by atoms with Crippen molar-refractivity contribution in [2.24, 2.45) is 11.8 Å². The van der Waals surface area contributed by atoms with E-state index >= 15 is 0 Å². The van der Waals surface area contributed by atoms with Crippen LogP contribution in [0, 0.1) is 11.8 Å². The summed E-state index contributed by atoms with van der Waals surface area (Å²) >= 11 is 5.99. The molecule has 0 radical (unpaired) electrons. The van der Waals surface area contributed by atoms with Crippen molar-refractivity contribution in [1.29, 1.82) is 0 Å². The summed E-state index contributed by atoms with van der Waals surface area (Å²) in [5, 5.41) is 0.745. The minimum absolute atomic E-state index is 0.0433. The summed E-state index contributed by atoms with van der Waals surface area (Å²) in [6, 6.07) is 7.89. The fourth-order valence-corrected chi connectivity index (χ4v) is 4.64. The van der Waals surface area contributed by atoms with Crippen molar-refractivity contribution in [3.63, 3.8) is 0 Å². The Balaban J connectivity index is 1.45. The van der Waals surface area contributed by atoms with Crippen LogP contribution in [-0.2, 0) is 9.53 Å². The molecule has 2 aliphatic heterocycles. The van der Waals surface area contributed by atoms with E-state index in [4.69, 9.17) is 16.3 Å². The molecule has 1 aromatic rings. The van der Waals surface area contributed by atoms with Gasteiger partial charge >= 0.3 is 0 Å². The van der Waals surface area contributed by atoms with Crippen LogP contribution in [0.3, 0.4) is 0 Å². The van der Waals surface area contributed by atoms with Gasteiger partial charge in [0, 0.05) is 57.9 Å². The van der Waals surface area contributed by atoms with Crippen LogP contribution in [0.5, 0.6) is 0 Å². The molecule has 0 aromatic heterocycles. The molecular formula is C22H34ClN3O2. The lowest BCUT2D eigenvalue weighted by Crippen LogP contribution is -2.52. The molecule has 28 heavy (non-hydrogen) atoms. The number of hydrogen-bond donors (Lipinski definition) is 0. The van der Waals surface area contributed by atoms with Gasteiger partial charge in [-0.15, -0.1) is 0 Å². The van der Waals surface area contributed by atoms with Crippen LogP contribution in [-0.4, -0.2) is 80.1 Å². The predicted molar refractivity (Wildman–Crippen MR) is 114 cm³/mol. The first-order valence-corrected chi connectivity index (χ1v) is 10.8. The van der Waals surface area contributed by atoms with Crippen LogP contribution in [0.25, 0.3) is 0 Å². The van der Waals surface area contributed by atoms with Crippen LogP contribution < -0.4 is 0 Å². The van der Waals surface area contributed by atoms with Gasteiger partial charge in [-0.3, -0.25) is 14.6 Å². The number of piperazine rings is 1. The molecule has 0 spiro atoms. The number of hydrogen-bond acceptors (Lipinski definition) is 4. The third kappa shape index (κ3) is 5.93. The van der Waals surface area contributed by atoms with E-state index in [1.807, 2.05) is 24.3 Å². The number of nitrogens with zero attached hydrogens (tertiary/aromatic N) is 3. The van der Waals surface area contributed by atoms with Gasteiger partial charge in [0.15, 0.2) is 0 Å². The molecule has 0 saturated carbocycles. The number of amides is 1. The Labute approximate surface area is 174 Å². The first kappa shape index (κ1) is 21.6. The number of benzene rings is 1. The number of methoxy groups -OCH3 is 1. The Kier molecular flexibility index (Phi) is 7.75. The highest BCUT2D eigenvalue weighted by Crippen LogP contribution is 2.22. The highest BCUT2D eigenvalue weighted by Gasteiger charge is 2.28. The Morgan fingerprint density at radius 3 is 2.21 bits per heavy atom. The standard InChI is InChI=1S/C22H34ClN3O2/c1-17-12-18(2)14-26(13-17)22(27)16-25-10-8-24(9-11-25)15-21(28-3)19-4-6-20(23)7-5-19/h4-7,17-18,21H,8-16H2,1-3H3/t17-,18+,21-/m0/s1. The Hall–Kier alpha value is -1.14. The summed E-state index contributed by atoms with van der Waals surface area (Å²) in [6.07, 6.45) is 1.28. The predicted octanol–water partition coefficient (Wildman–Crippen LogP) is 3.15. The fourth-order valence-electron chi connectivity index (χ4n) is 4.52. The van der Waals surface area contributed by atoms with Crippen molar-refractivity contribution in [1.82, 2.24) is 14.7 Å². The number of piperidine rings is 1. The van der Waals surface area contributed by atoms with Gasteiger partial charge in [-0.25, -0.2) is 0 Å². The largest absolute Gasteiger partial charge is 0.375 e. The fraction of sp³-hybridized carbons (Fsp3) is 0.682. The summed E-state index contributed by atoms with van der Waals surface area (Å²) < 4.78 is 5.71. The molecule has 2 fully saturated rings. The van der Waals surface area contributed by atoms with E-state index in [0.717, 1.165) is 56.4 Å². The molecule has 156 valence electrons. The Morgan fingerprint density at radius 2 is 1.64 bits per heavy atom. The summed E-state index contributed by atoms with van der Waals surface area (Å²) in [7, 11) is 1.76. The van der Waals surface area contributed by atoms with Gasteiger partial charge in [-0.05, 0) is 36.0 Å². The average molecular weight is 408 g/mol. The Morgan fingerprint density at radius 1 is 1.07 bits per heavy atom. The maximum absolute atomic E-state index is 12.7. The van der Waals surface area contributed by atoms with Gasteiger partial charge in [0.05, 0.1) is 12.6 Å². The lowest BCUT2D eigenvalue weighted by molar-refractivity contribution is -0.135. The summed E-state index contributed by atoms with van der Waals surface area (Å²) in [4.78, 5) is 19.5. The molecule has 6 heteroatoms. The van der Waals surface area contributed by atoms with Crippen molar-refractivity contribution in [3.05, 3.63) is 34.9 Å². The van der Waals surface area contributed by atoms with Gasteiger partial charge in [-0.1, -0.05) is 37.6 Å². The van der Waals surface area contributed by atoms with E-state index in [1.165, 1.54) is 6.42 Å². The lowest BCUT2D eigenvalue weighted by Gasteiger charge is -2.39. The van der Waals surface area contributed by atoms with Gasteiger partial charge in [-0.2, -0.15) is 0 Å². The summed E-state index contributed by atoms with van der Waals surface area (Å²) in [6.45, 7) is 11.5. The molecule has 3 atom stereocenters. The topological polar surface area (TPSA) is 36.0 Å². The molecule has 1 amide bonds. The zero-order valence-corrected chi connectivity index (χ0v) is 18.2. The highest BCUT2D eigenvalue weighted by atomic mass is 35.5. The van der Waals surface area contributed by atoms with E-state index in [9.17, 15) is 4.79 Å².